The molecule has 2 atom stereocenters. The number of aromatic amines is 1. The van der Waals surface area contributed by atoms with Crippen LogP contribution in [-0.2, 0) is 4.79 Å². The van der Waals surface area contributed by atoms with Crippen molar-refractivity contribution in [2.45, 2.75) is 44.3 Å². The van der Waals surface area contributed by atoms with Gasteiger partial charge in [0, 0.05) is 58.6 Å². The molecule has 7 rings (SSSR count). The van der Waals surface area contributed by atoms with E-state index < -0.39 is 23.6 Å². The van der Waals surface area contributed by atoms with Gasteiger partial charge in [-0.05, 0) is 51.6 Å². The van der Waals surface area contributed by atoms with E-state index >= 15 is 4.39 Å². The topological polar surface area (TPSA) is 110 Å². The molecule has 2 aliphatic heterocycles. The Balaban J connectivity index is 1.44. The standard InChI is InChI=1S/C33H31Cl2F2N9O/c1-16-24(34)11-26-22(12-39-42-26)27(16)28-25(35)10-21-30(29(28)37)41-32(44-14-20(15-44)43(3)4)23-13-40-46(31(21)23)19-6-8-45(33(47)17(2)36)18(9-19)5-7-38/h10-13,18-20H,2,5-6,8-9,14-15H2,1,3-4H3,(H,39,42)/t18-,19+/m1/s1. The Labute approximate surface area is 279 Å². The minimum atomic E-state index is -1.06. The van der Waals surface area contributed by atoms with E-state index in [0.717, 1.165) is 5.39 Å². The van der Waals surface area contributed by atoms with E-state index in [1.54, 1.807) is 24.5 Å². The normalized spacial score (nSPS) is 18.8. The Kier molecular flexibility index (Phi) is 7.82. The van der Waals surface area contributed by atoms with Gasteiger partial charge in [-0.3, -0.25) is 14.6 Å². The predicted molar refractivity (Wildman–Crippen MR) is 179 cm³/mol. The summed E-state index contributed by atoms with van der Waals surface area (Å²) in [4.78, 5) is 23.1. The van der Waals surface area contributed by atoms with Gasteiger partial charge in [0.1, 0.15) is 11.3 Å². The first kappa shape index (κ1) is 31.3. The summed E-state index contributed by atoms with van der Waals surface area (Å²) in [5, 5.41) is 23.9. The van der Waals surface area contributed by atoms with Crippen molar-refractivity contribution in [1.82, 2.24) is 34.8 Å². The number of likely N-dealkylation sites (N-methyl/N-ethyl adjacent to an activating group) is 1. The van der Waals surface area contributed by atoms with Crippen LogP contribution in [0, 0.1) is 24.1 Å². The van der Waals surface area contributed by atoms with E-state index in [0.29, 0.717) is 75.7 Å². The highest BCUT2D eigenvalue weighted by atomic mass is 35.5. The summed E-state index contributed by atoms with van der Waals surface area (Å²) in [6, 6.07) is 5.09. The van der Waals surface area contributed by atoms with Crippen molar-refractivity contribution in [2.75, 3.05) is 38.6 Å². The first-order valence-corrected chi connectivity index (χ1v) is 16.0. The third-order valence-corrected chi connectivity index (χ3v) is 10.3. The number of aromatic nitrogens is 5. The number of H-pyrrole nitrogens is 1. The monoisotopic (exact) mass is 677 g/mol. The number of hydrogen-bond acceptors (Lipinski definition) is 7. The Morgan fingerprint density at radius 2 is 1.94 bits per heavy atom. The van der Waals surface area contributed by atoms with E-state index in [1.807, 2.05) is 25.7 Å². The van der Waals surface area contributed by atoms with Crippen molar-refractivity contribution in [2.24, 2.45) is 0 Å². The molecule has 0 bridgehead atoms. The van der Waals surface area contributed by atoms with E-state index in [9.17, 15) is 14.4 Å². The van der Waals surface area contributed by atoms with Gasteiger partial charge in [-0.1, -0.05) is 29.8 Å². The van der Waals surface area contributed by atoms with Gasteiger partial charge in [0.05, 0.1) is 52.4 Å². The van der Waals surface area contributed by atoms with Gasteiger partial charge >= 0.3 is 0 Å². The van der Waals surface area contributed by atoms with Gasteiger partial charge < -0.3 is 14.7 Å². The first-order chi connectivity index (χ1) is 22.5. The Bertz CT molecular complexity index is 2150. The molecule has 0 aliphatic carbocycles. The molecule has 2 saturated heterocycles. The number of likely N-dealkylation sites (tertiary alicyclic amines) is 1. The molecule has 5 heterocycles. The highest BCUT2D eigenvalue weighted by Gasteiger charge is 2.37. The number of nitriles is 1. The lowest BCUT2D eigenvalue weighted by Crippen LogP contribution is -2.57. The fourth-order valence-electron chi connectivity index (χ4n) is 7.02. The number of amides is 1. The Morgan fingerprint density at radius 1 is 1.17 bits per heavy atom. The van der Waals surface area contributed by atoms with Crippen molar-refractivity contribution < 1.29 is 13.6 Å². The molecule has 14 heteroatoms. The summed E-state index contributed by atoms with van der Waals surface area (Å²) in [6.45, 7) is 6.59. The van der Waals surface area contributed by atoms with Crippen LogP contribution in [0.2, 0.25) is 10.0 Å². The summed E-state index contributed by atoms with van der Waals surface area (Å²) in [5.41, 5.74) is 2.80. The van der Waals surface area contributed by atoms with Crippen LogP contribution in [0.25, 0.3) is 43.8 Å². The zero-order valence-corrected chi connectivity index (χ0v) is 27.5. The lowest BCUT2D eigenvalue weighted by molar-refractivity contribution is -0.132. The average molecular weight is 679 g/mol. The average Bonchev–Trinajstić information content (AvgIpc) is 3.66. The number of fused-ring (bicyclic) bond motifs is 4. The first-order valence-electron chi connectivity index (χ1n) is 15.2. The molecule has 2 fully saturated rings. The fourth-order valence-corrected chi connectivity index (χ4v) is 7.51. The van der Waals surface area contributed by atoms with Crippen molar-refractivity contribution in [3.8, 4) is 17.2 Å². The third-order valence-electron chi connectivity index (χ3n) is 9.64. The van der Waals surface area contributed by atoms with E-state index in [-0.39, 0.29) is 35.1 Å². The van der Waals surface area contributed by atoms with Gasteiger partial charge in [-0.2, -0.15) is 15.5 Å². The van der Waals surface area contributed by atoms with Gasteiger partial charge in [0.25, 0.3) is 5.91 Å². The lowest BCUT2D eigenvalue weighted by Gasteiger charge is -2.43. The molecule has 0 saturated carbocycles. The molecule has 0 unspecified atom stereocenters. The smallest absolute Gasteiger partial charge is 0.282 e. The molecule has 2 aromatic carbocycles. The molecule has 2 aliphatic rings. The molecular formula is C33H31Cl2F2N9O. The number of anilines is 1. The number of halogens is 4. The lowest BCUT2D eigenvalue weighted by atomic mass is 9.93. The molecule has 0 radical (unpaired) electrons. The predicted octanol–water partition coefficient (Wildman–Crippen LogP) is 6.56. The molecule has 1 N–H and O–H groups in total. The number of piperidine rings is 1. The van der Waals surface area contributed by atoms with Gasteiger partial charge in [-0.25, -0.2) is 13.8 Å². The summed E-state index contributed by atoms with van der Waals surface area (Å²) in [7, 11) is 4.04. The summed E-state index contributed by atoms with van der Waals surface area (Å²) < 4.78 is 32.8. The van der Waals surface area contributed by atoms with Crippen molar-refractivity contribution in [3.63, 3.8) is 0 Å². The second kappa shape index (κ2) is 11.7. The number of hydrogen-bond donors (Lipinski definition) is 1. The quantitative estimate of drug-likeness (QED) is 0.203. The number of nitrogens with zero attached hydrogens (tertiary/aromatic N) is 8. The molecule has 10 nitrogen and oxygen atoms in total. The largest absolute Gasteiger partial charge is 0.353 e. The van der Waals surface area contributed by atoms with Crippen LogP contribution in [0.5, 0.6) is 0 Å². The van der Waals surface area contributed by atoms with E-state index in [4.69, 9.17) is 33.3 Å². The SMILES string of the molecule is C=C(F)C(=O)N1CC[C@H](n2ncc3c(N4CC(N(C)C)C4)nc4c(F)c(-c5c(C)c(Cl)cc6[nH]ncc56)c(Cl)cc4c32)C[C@H]1CC#N. The zero-order chi connectivity index (χ0) is 33.3. The Morgan fingerprint density at radius 3 is 2.64 bits per heavy atom. The van der Waals surface area contributed by atoms with Gasteiger partial charge in [-0.15, -0.1) is 0 Å². The molecule has 1 amide bonds. The van der Waals surface area contributed by atoms with Gasteiger partial charge in [0.2, 0.25) is 0 Å². The Hall–Kier alpha value is -4.31. The number of benzene rings is 2. The zero-order valence-electron chi connectivity index (χ0n) is 26.0. The van der Waals surface area contributed by atoms with Crippen molar-refractivity contribution in [3.05, 3.63) is 58.4 Å². The molecule has 47 heavy (non-hydrogen) atoms. The number of carbonyl (C=O) groups excluding carboxylic acids is 1. The fraction of sp³-hybridized carbons (Fsp3) is 0.364. The second-order valence-electron chi connectivity index (χ2n) is 12.5. The molecule has 5 aromatic rings. The molecule has 3 aromatic heterocycles. The van der Waals surface area contributed by atoms with E-state index in [1.165, 1.54) is 4.90 Å². The molecular weight excluding hydrogens is 647 g/mol. The van der Waals surface area contributed by atoms with Crippen molar-refractivity contribution in [1.29, 1.82) is 5.26 Å². The highest BCUT2D eigenvalue weighted by Crippen LogP contribution is 2.45. The van der Waals surface area contributed by atoms with Crippen LogP contribution < -0.4 is 4.90 Å². The maximum Gasteiger partial charge on any atom is 0.282 e. The van der Waals surface area contributed by atoms with Crippen LogP contribution in [0.3, 0.4) is 0 Å². The third kappa shape index (κ3) is 4.99. The number of pyridine rings is 1. The van der Waals surface area contributed by atoms with Crippen LogP contribution >= 0.6 is 23.2 Å². The van der Waals surface area contributed by atoms with Crippen LogP contribution in [0.4, 0.5) is 14.6 Å². The minimum Gasteiger partial charge on any atom is -0.353 e. The van der Waals surface area contributed by atoms with Crippen LogP contribution in [0.15, 0.2) is 36.9 Å². The highest BCUT2D eigenvalue weighted by molar-refractivity contribution is 6.36. The van der Waals surface area contributed by atoms with Gasteiger partial charge in [0.15, 0.2) is 11.6 Å². The maximum atomic E-state index is 17.1. The molecule has 0 spiro atoms. The summed E-state index contributed by atoms with van der Waals surface area (Å²) >= 11 is 13.6. The number of nitrogens with one attached hydrogen (secondary N) is 1. The van der Waals surface area contributed by atoms with Crippen LogP contribution in [0.1, 0.15) is 30.9 Å². The number of rotatable bonds is 6. The molecule has 242 valence electrons. The summed E-state index contributed by atoms with van der Waals surface area (Å²) in [5.74, 6) is -1.87. The van der Waals surface area contributed by atoms with Crippen LogP contribution in [-0.4, -0.2) is 86.5 Å². The number of carbonyl (C=O) groups is 1. The summed E-state index contributed by atoms with van der Waals surface area (Å²) in [6.07, 6.45) is 4.17. The van der Waals surface area contributed by atoms with E-state index in [2.05, 4.69) is 32.6 Å². The minimum absolute atomic E-state index is 0.0211. The second-order valence-corrected chi connectivity index (χ2v) is 13.4. The maximum absolute atomic E-state index is 17.1. The van der Waals surface area contributed by atoms with Crippen molar-refractivity contribution >= 4 is 67.6 Å².